The Labute approximate surface area is 163 Å². The molecule has 1 aromatic heterocycles. The van der Waals surface area contributed by atoms with Gasteiger partial charge in [0, 0.05) is 24.4 Å². The van der Waals surface area contributed by atoms with Crippen LogP contribution >= 0.6 is 0 Å². The van der Waals surface area contributed by atoms with Gasteiger partial charge in [0.05, 0.1) is 0 Å². The molecule has 7 heteroatoms. The van der Waals surface area contributed by atoms with Crippen LogP contribution in [0.3, 0.4) is 0 Å². The van der Waals surface area contributed by atoms with E-state index in [2.05, 4.69) is 20.4 Å². The van der Waals surface area contributed by atoms with Gasteiger partial charge in [-0.2, -0.15) is 4.98 Å². The van der Waals surface area contributed by atoms with E-state index in [1.165, 1.54) is 12.1 Å². The standard InChI is InChI=1S/C21H25FN4O2/c22-16-7-5-13(6-8-16)18(20(27)23-17-9-10-17)26-11-1-2-15(12-26)19-24-21(28-25-19)14-3-4-14/h5-8,14-15,17-18H,1-4,9-12H2,(H,23,27)/t15-,18+/m1/s1. The Morgan fingerprint density at radius 3 is 2.64 bits per heavy atom. The highest BCUT2D eigenvalue weighted by Crippen LogP contribution is 2.40. The third-order valence-corrected chi connectivity index (χ3v) is 5.92. The molecule has 0 radical (unpaired) electrons. The molecule has 1 N–H and O–H groups in total. The van der Waals surface area contributed by atoms with Crippen LogP contribution in [0.2, 0.25) is 0 Å². The molecule has 1 aromatic carbocycles. The van der Waals surface area contributed by atoms with Crippen LogP contribution in [-0.2, 0) is 4.79 Å². The van der Waals surface area contributed by atoms with Crippen LogP contribution < -0.4 is 5.32 Å². The van der Waals surface area contributed by atoms with Crippen molar-refractivity contribution in [1.29, 1.82) is 0 Å². The van der Waals surface area contributed by atoms with Gasteiger partial charge in [-0.05, 0) is 62.8 Å². The molecule has 1 amide bonds. The molecule has 28 heavy (non-hydrogen) atoms. The van der Waals surface area contributed by atoms with Crippen molar-refractivity contribution in [2.24, 2.45) is 0 Å². The van der Waals surface area contributed by atoms with Gasteiger partial charge in [0.1, 0.15) is 11.9 Å². The van der Waals surface area contributed by atoms with Gasteiger partial charge in [-0.25, -0.2) is 4.39 Å². The zero-order valence-electron chi connectivity index (χ0n) is 15.8. The van der Waals surface area contributed by atoms with Gasteiger partial charge in [-0.15, -0.1) is 0 Å². The fraction of sp³-hybridized carbons (Fsp3) is 0.571. The summed E-state index contributed by atoms with van der Waals surface area (Å²) in [6, 6.07) is 6.16. The van der Waals surface area contributed by atoms with Gasteiger partial charge in [0.15, 0.2) is 5.82 Å². The summed E-state index contributed by atoms with van der Waals surface area (Å²) in [5, 5.41) is 7.34. The molecule has 2 saturated carbocycles. The summed E-state index contributed by atoms with van der Waals surface area (Å²) in [5.41, 5.74) is 0.826. The first-order valence-electron chi connectivity index (χ1n) is 10.3. The molecule has 2 atom stereocenters. The summed E-state index contributed by atoms with van der Waals surface area (Å²) in [6.07, 6.45) is 6.29. The molecule has 5 rings (SSSR count). The number of benzene rings is 1. The van der Waals surface area contributed by atoms with E-state index in [1.807, 2.05) is 0 Å². The predicted molar refractivity (Wildman–Crippen MR) is 100 cm³/mol. The molecular formula is C21H25FN4O2. The minimum atomic E-state index is -0.418. The third-order valence-electron chi connectivity index (χ3n) is 5.92. The van der Waals surface area contributed by atoms with Crippen molar-refractivity contribution in [3.05, 3.63) is 47.4 Å². The number of hydrogen-bond acceptors (Lipinski definition) is 5. The molecule has 0 spiro atoms. The third kappa shape index (κ3) is 3.81. The van der Waals surface area contributed by atoms with Crippen molar-refractivity contribution in [3.63, 3.8) is 0 Å². The number of carbonyl (C=O) groups excluding carboxylic acids is 1. The Bertz CT molecular complexity index is 844. The first-order valence-corrected chi connectivity index (χ1v) is 10.3. The lowest BCUT2D eigenvalue weighted by molar-refractivity contribution is -0.127. The van der Waals surface area contributed by atoms with E-state index in [1.54, 1.807) is 12.1 Å². The number of likely N-dealkylation sites (tertiary alicyclic amines) is 1. The van der Waals surface area contributed by atoms with E-state index in [-0.39, 0.29) is 23.7 Å². The lowest BCUT2D eigenvalue weighted by atomic mass is 9.93. The molecule has 1 saturated heterocycles. The topological polar surface area (TPSA) is 71.3 Å². The molecule has 1 aliphatic heterocycles. The van der Waals surface area contributed by atoms with Crippen molar-refractivity contribution in [2.75, 3.05) is 13.1 Å². The number of halogens is 1. The van der Waals surface area contributed by atoms with Crippen molar-refractivity contribution in [1.82, 2.24) is 20.4 Å². The van der Waals surface area contributed by atoms with Crippen molar-refractivity contribution < 1.29 is 13.7 Å². The molecule has 2 aliphatic carbocycles. The summed E-state index contributed by atoms with van der Waals surface area (Å²) in [5.74, 6) is 1.82. The SMILES string of the molecule is O=C(NC1CC1)[C@H](c1ccc(F)cc1)N1CCC[C@@H](c2noc(C3CC3)n2)C1. The van der Waals surface area contributed by atoms with Crippen LogP contribution in [0.4, 0.5) is 4.39 Å². The number of piperidine rings is 1. The molecular weight excluding hydrogens is 359 g/mol. The molecule has 2 heterocycles. The Morgan fingerprint density at radius 1 is 1.14 bits per heavy atom. The van der Waals surface area contributed by atoms with Crippen molar-refractivity contribution in [2.45, 2.75) is 62.4 Å². The zero-order valence-corrected chi connectivity index (χ0v) is 15.8. The van der Waals surface area contributed by atoms with E-state index >= 15 is 0 Å². The Kier molecular flexibility index (Phi) is 4.62. The van der Waals surface area contributed by atoms with Crippen molar-refractivity contribution in [3.8, 4) is 0 Å². The molecule has 148 valence electrons. The maximum absolute atomic E-state index is 13.4. The summed E-state index contributed by atoms with van der Waals surface area (Å²) in [4.78, 5) is 19.8. The minimum absolute atomic E-state index is 0.00143. The summed E-state index contributed by atoms with van der Waals surface area (Å²) in [7, 11) is 0. The van der Waals surface area contributed by atoms with E-state index in [0.717, 1.165) is 62.3 Å². The second kappa shape index (κ2) is 7.28. The second-order valence-electron chi connectivity index (χ2n) is 8.34. The molecule has 6 nitrogen and oxygen atoms in total. The van der Waals surface area contributed by atoms with Crippen LogP contribution in [0.1, 0.15) is 73.7 Å². The Balaban J connectivity index is 1.36. The maximum atomic E-state index is 13.4. The van der Waals surface area contributed by atoms with Gasteiger partial charge in [0.25, 0.3) is 0 Å². The average molecular weight is 384 g/mol. The first-order chi connectivity index (χ1) is 13.7. The van der Waals surface area contributed by atoms with Gasteiger partial charge < -0.3 is 9.84 Å². The van der Waals surface area contributed by atoms with Gasteiger partial charge >= 0.3 is 0 Å². The van der Waals surface area contributed by atoms with Crippen LogP contribution in [0.5, 0.6) is 0 Å². The van der Waals surface area contributed by atoms with E-state index < -0.39 is 6.04 Å². The number of carbonyl (C=O) groups is 1. The highest BCUT2D eigenvalue weighted by Gasteiger charge is 2.37. The highest BCUT2D eigenvalue weighted by atomic mass is 19.1. The summed E-state index contributed by atoms with van der Waals surface area (Å²) >= 11 is 0. The minimum Gasteiger partial charge on any atom is -0.352 e. The first kappa shape index (κ1) is 17.8. The highest BCUT2D eigenvalue weighted by molar-refractivity contribution is 5.83. The van der Waals surface area contributed by atoms with Gasteiger partial charge in [0.2, 0.25) is 11.8 Å². The zero-order chi connectivity index (χ0) is 19.1. The van der Waals surface area contributed by atoms with Crippen molar-refractivity contribution >= 4 is 5.91 Å². The number of aromatic nitrogens is 2. The largest absolute Gasteiger partial charge is 0.352 e. The van der Waals surface area contributed by atoms with Gasteiger partial charge in [-0.1, -0.05) is 17.3 Å². The number of nitrogens with zero attached hydrogens (tertiary/aromatic N) is 3. The molecule has 3 aliphatic rings. The van der Waals surface area contributed by atoms with Crippen LogP contribution in [0.25, 0.3) is 0 Å². The van der Waals surface area contributed by atoms with E-state index in [4.69, 9.17) is 4.52 Å². The molecule has 3 fully saturated rings. The van der Waals surface area contributed by atoms with Gasteiger partial charge in [-0.3, -0.25) is 9.69 Å². The number of rotatable bonds is 6. The Morgan fingerprint density at radius 2 is 1.93 bits per heavy atom. The molecule has 0 unspecified atom stereocenters. The average Bonchev–Trinajstić information content (AvgIpc) is 3.64. The van der Waals surface area contributed by atoms with Crippen LogP contribution in [0.15, 0.2) is 28.8 Å². The second-order valence-corrected chi connectivity index (χ2v) is 8.34. The molecule has 2 aromatic rings. The Hall–Kier alpha value is -2.28. The summed E-state index contributed by atoms with van der Waals surface area (Å²) in [6.45, 7) is 1.52. The molecule has 0 bridgehead atoms. The monoisotopic (exact) mass is 384 g/mol. The fourth-order valence-corrected chi connectivity index (χ4v) is 4.04. The quantitative estimate of drug-likeness (QED) is 0.828. The van der Waals surface area contributed by atoms with E-state index in [9.17, 15) is 9.18 Å². The lowest BCUT2D eigenvalue weighted by Gasteiger charge is -2.36. The lowest BCUT2D eigenvalue weighted by Crippen LogP contribution is -2.45. The number of nitrogens with one attached hydrogen (secondary N) is 1. The predicted octanol–water partition coefficient (Wildman–Crippen LogP) is 3.29. The normalized spacial score (nSPS) is 24.1. The smallest absolute Gasteiger partial charge is 0.242 e. The van der Waals surface area contributed by atoms with Crippen LogP contribution in [-0.4, -0.2) is 40.1 Å². The maximum Gasteiger partial charge on any atom is 0.242 e. The van der Waals surface area contributed by atoms with Crippen LogP contribution in [0, 0.1) is 5.82 Å². The number of hydrogen-bond donors (Lipinski definition) is 1. The van der Waals surface area contributed by atoms with E-state index in [0.29, 0.717) is 12.5 Å². The summed E-state index contributed by atoms with van der Waals surface area (Å²) < 4.78 is 18.9. The fourth-order valence-electron chi connectivity index (χ4n) is 4.04. The number of amides is 1.